The topological polar surface area (TPSA) is 0 Å². The normalized spacial score (nSPS) is 45.3. The molecule has 1 saturated carbocycles. The molecule has 3 aliphatic carbocycles. The molecular weight excluding hydrogens is 276 g/mol. The number of fused-ring (bicyclic) bond motifs is 2. The Labute approximate surface area is 143 Å². The lowest BCUT2D eigenvalue weighted by Crippen LogP contribution is -2.22. The summed E-state index contributed by atoms with van der Waals surface area (Å²) < 4.78 is 0. The zero-order valence-corrected chi connectivity index (χ0v) is 16.0. The Bertz CT molecular complexity index is 612. The second-order valence-electron chi connectivity index (χ2n) is 9.34. The van der Waals surface area contributed by atoms with Crippen LogP contribution in [0.1, 0.15) is 60.8 Å². The molecule has 0 aromatic rings. The lowest BCUT2D eigenvalue weighted by atomic mass is 9.71. The van der Waals surface area contributed by atoms with Gasteiger partial charge in [0.1, 0.15) is 0 Å². The molecule has 23 heavy (non-hydrogen) atoms. The van der Waals surface area contributed by atoms with E-state index in [2.05, 4.69) is 66.9 Å². The summed E-state index contributed by atoms with van der Waals surface area (Å²) in [5.41, 5.74) is 5.89. The summed E-state index contributed by atoms with van der Waals surface area (Å²) >= 11 is 0. The standard InChI is InChI=1S/C23H34/c1-14-9-10-19-21(22(19,6)7)12-15(2)18(5)23(8)13-16(3)17(4)20(23)11-14/h11,13-15,19,21H,4-5,9-10,12H2,1-3,6-8H3/b20-11-/t14-,15+,19-,21+,23+/m0/s1. The first-order valence-electron chi connectivity index (χ1n) is 9.39. The van der Waals surface area contributed by atoms with Gasteiger partial charge in [0.2, 0.25) is 0 Å². The summed E-state index contributed by atoms with van der Waals surface area (Å²) in [7, 11) is 0. The quantitative estimate of drug-likeness (QED) is 0.436. The van der Waals surface area contributed by atoms with Crippen LogP contribution in [-0.2, 0) is 0 Å². The molecule has 0 saturated heterocycles. The van der Waals surface area contributed by atoms with Crippen molar-refractivity contribution in [3.8, 4) is 0 Å². The molecule has 0 amide bonds. The fourth-order valence-electron chi connectivity index (χ4n) is 5.41. The largest absolute Gasteiger partial charge is 0.0984 e. The van der Waals surface area contributed by atoms with Crippen LogP contribution in [0.5, 0.6) is 0 Å². The Hall–Kier alpha value is -1.04. The summed E-state index contributed by atoms with van der Waals surface area (Å²) in [4.78, 5) is 0. The summed E-state index contributed by atoms with van der Waals surface area (Å²) in [5, 5.41) is 0. The molecule has 0 heteroatoms. The molecule has 0 aromatic carbocycles. The van der Waals surface area contributed by atoms with Gasteiger partial charge in [-0.2, -0.15) is 0 Å². The summed E-state index contributed by atoms with van der Waals surface area (Å²) in [6, 6.07) is 0. The van der Waals surface area contributed by atoms with E-state index < -0.39 is 0 Å². The molecule has 0 spiro atoms. The third-order valence-electron chi connectivity index (χ3n) is 7.41. The van der Waals surface area contributed by atoms with E-state index in [0.717, 1.165) is 11.8 Å². The van der Waals surface area contributed by atoms with Gasteiger partial charge in [-0.25, -0.2) is 0 Å². The first kappa shape index (κ1) is 16.8. The smallest absolute Gasteiger partial charge is 0.0321 e. The zero-order chi connectivity index (χ0) is 17.2. The maximum Gasteiger partial charge on any atom is 0.0321 e. The van der Waals surface area contributed by atoms with Crippen LogP contribution in [0.15, 0.2) is 47.6 Å². The molecule has 3 aliphatic rings. The Morgan fingerprint density at radius 3 is 2.35 bits per heavy atom. The van der Waals surface area contributed by atoms with Crippen LogP contribution in [0.25, 0.3) is 0 Å². The maximum absolute atomic E-state index is 4.58. The van der Waals surface area contributed by atoms with Gasteiger partial charge in [-0.05, 0) is 78.9 Å². The number of hydrogen-bond donors (Lipinski definition) is 0. The first-order valence-corrected chi connectivity index (χ1v) is 9.39. The Morgan fingerprint density at radius 2 is 1.70 bits per heavy atom. The zero-order valence-electron chi connectivity index (χ0n) is 16.0. The second kappa shape index (κ2) is 5.23. The van der Waals surface area contributed by atoms with Crippen LogP contribution in [0.2, 0.25) is 0 Å². The van der Waals surface area contributed by atoms with Gasteiger partial charge in [-0.15, -0.1) is 0 Å². The molecule has 0 aliphatic heterocycles. The van der Waals surface area contributed by atoms with Crippen molar-refractivity contribution in [2.45, 2.75) is 60.8 Å². The molecule has 3 rings (SSSR count). The highest BCUT2D eigenvalue weighted by atomic mass is 14.6. The highest BCUT2D eigenvalue weighted by molar-refractivity contribution is 5.60. The van der Waals surface area contributed by atoms with Crippen molar-refractivity contribution in [1.29, 1.82) is 0 Å². The molecule has 0 unspecified atom stereocenters. The van der Waals surface area contributed by atoms with E-state index in [1.54, 1.807) is 0 Å². The van der Waals surface area contributed by atoms with Crippen molar-refractivity contribution in [3.63, 3.8) is 0 Å². The molecule has 5 atom stereocenters. The lowest BCUT2D eigenvalue weighted by molar-refractivity contribution is 0.434. The van der Waals surface area contributed by atoms with Gasteiger partial charge in [0.05, 0.1) is 0 Å². The summed E-state index contributed by atoms with van der Waals surface area (Å²) in [6.45, 7) is 23.2. The first-order chi connectivity index (χ1) is 10.6. The molecule has 1 fully saturated rings. The Morgan fingerprint density at radius 1 is 1.04 bits per heavy atom. The van der Waals surface area contributed by atoms with Crippen LogP contribution in [0.4, 0.5) is 0 Å². The van der Waals surface area contributed by atoms with Crippen LogP contribution < -0.4 is 0 Å². The van der Waals surface area contributed by atoms with Gasteiger partial charge >= 0.3 is 0 Å². The highest BCUT2D eigenvalue weighted by Crippen LogP contribution is 2.64. The summed E-state index contributed by atoms with van der Waals surface area (Å²) in [6.07, 6.45) is 8.89. The SMILES string of the molecule is C=C1C(C)=C[C@]2(C)C(=C)[C@H](C)C[C@@H]3[C@H](CC[C@H](C)/C=C/12)C3(C)C. The molecule has 0 heterocycles. The van der Waals surface area contributed by atoms with Crippen LogP contribution in [-0.4, -0.2) is 0 Å². The number of hydrogen-bond acceptors (Lipinski definition) is 0. The number of allylic oxidation sites excluding steroid dienone is 6. The molecule has 0 N–H and O–H groups in total. The molecule has 0 bridgehead atoms. The van der Waals surface area contributed by atoms with Gasteiger partial charge in [0.25, 0.3) is 0 Å². The van der Waals surface area contributed by atoms with E-state index in [1.807, 2.05) is 0 Å². The highest BCUT2D eigenvalue weighted by Gasteiger charge is 2.57. The third kappa shape index (κ3) is 2.49. The van der Waals surface area contributed by atoms with Crippen molar-refractivity contribution in [2.75, 3.05) is 0 Å². The van der Waals surface area contributed by atoms with Gasteiger partial charge in [-0.1, -0.05) is 58.6 Å². The van der Waals surface area contributed by atoms with Crippen molar-refractivity contribution < 1.29 is 0 Å². The monoisotopic (exact) mass is 310 g/mol. The minimum Gasteiger partial charge on any atom is -0.0984 e. The van der Waals surface area contributed by atoms with E-state index in [-0.39, 0.29) is 5.41 Å². The van der Waals surface area contributed by atoms with E-state index in [0.29, 0.717) is 17.3 Å². The van der Waals surface area contributed by atoms with Gasteiger partial charge in [0.15, 0.2) is 0 Å². The number of rotatable bonds is 0. The van der Waals surface area contributed by atoms with Gasteiger partial charge in [-0.3, -0.25) is 0 Å². The summed E-state index contributed by atoms with van der Waals surface area (Å²) in [5.74, 6) is 2.98. The molecule has 0 radical (unpaired) electrons. The Balaban J connectivity index is 2.01. The van der Waals surface area contributed by atoms with Crippen molar-refractivity contribution in [3.05, 3.63) is 47.6 Å². The fourth-order valence-corrected chi connectivity index (χ4v) is 5.41. The van der Waals surface area contributed by atoms with Crippen LogP contribution in [0, 0.1) is 34.5 Å². The van der Waals surface area contributed by atoms with Crippen LogP contribution >= 0.6 is 0 Å². The minimum atomic E-state index is -0.0201. The molecular formula is C23H34. The van der Waals surface area contributed by atoms with Crippen LogP contribution in [0.3, 0.4) is 0 Å². The maximum atomic E-state index is 4.58. The average Bonchev–Trinajstić information content (AvgIpc) is 2.90. The van der Waals surface area contributed by atoms with Crippen molar-refractivity contribution in [2.24, 2.45) is 34.5 Å². The van der Waals surface area contributed by atoms with E-state index >= 15 is 0 Å². The fraction of sp³-hybridized carbons (Fsp3) is 0.652. The van der Waals surface area contributed by atoms with E-state index in [9.17, 15) is 0 Å². The van der Waals surface area contributed by atoms with Gasteiger partial charge < -0.3 is 0 Å². The predicted octanol–water partition coefficient (Wildman–Crippen LogP) is 6.72. The lowest BCUT2D eigenvalue weighted by Gasteiger charge is -2.33. The van der Waals surface area contributed by atoms with E-state index in [1.165, 1.54) is 41.6 Å². The Kier molecular flexibility index (Phi) is 3.82. The molecule has 126 valence electrons. The van der Waals surface area contributed by atoms with Crippen molar-refractivity contribution in [1.82, 2.24) is 0 Å². The third-order valence-corrected chi connectivity index (χ3v) is 7.41. The van der Waals surface area contributed by atoms with Crippen molar-refractivity contribution >= 4 is 0 Å². The average molecular weight is 311 g/mol. The molecule has 0 aromatic heterocycles. The second-order valence-corrected chi connectivity index (χ2v) is 9.34. The predicted molar refractivity (Wildman–Crippen MR) is 101 cm³/mol. The molecule has 0 nitrogen and oxygen atoms in total. The minimum absolute atomic E-state index is 0.0201. The van der Waals surface area contributed by atoms with E-state index in [4.69, 9.17) is 0 Å². The van der Waals surface area contributed by atoms with Gasteiger partial charge in [0, 0.05) is 5.41 Å².